The number of benzene rings is 1. The van der Waals surface area contributed by atoms with Crippen molar-refractivity contribution in [2.75, 3.05) is 18.0 Å². The smallest absolute Gasteiger partial charge is 0.303 e. The number of aliphatic carboxylic acids is 1. The molecule has 1 aromatic rings. The Morgan fingerprint density at radius 3 is 2.57 bits per heavy atom. The molecular weight excluding hydrogens is 292 g/mol. The number of nitrogens with one attached hydrogen (secondary N) is 1. The molecule has 0 spiro atoms. The van der Waals surface area contributed by atoms with E-state index in [0.29, 0.717) is 18.8 Å². The maximum absolute atomic E-state index is 12.3. The van der Waals surface area contributed by atoms with Crippen LogP contribution in [0.1, 0.15) is 20.3 Å². The molecule has 0 atom stereocenters. The van der Waals surface area contributed by atoms with Crippen LogP contribution in [0, 0.1) is 5.92 Å². The van der Waals surface area contributed by atoms with Gasteiger partial charge in [0.15, 0.2) is 0 Å². The Morgan fingerprint density at radius 2 is 2.00 bits per heavy atom. The van der Waals surface area contributed by atoms with Gasteiger partial charge in [-0.2, -0.15) is 0 Å². The molecule has 1 aliphatic heterocycles. The van der Waals surface area contributed by atoms with Gasteiger partial charge in [-0.1, -0.05) is 12.1 Å². The standard InChI is InChI=1S/C14H20N2O4S/c1-10(2)15-21(19,20)13-6-4-3-5-12(13)16-8-11(9-16)7-14(17)18/h3-6,10-11,15H,7-9H2,1-2H3,(H,17,18). The van der Waals surface area contributed by atoms with Crippen molar-refractivity contribution in [2.24, 2.45) is 5.92 Å². The molecule has 0 radical (unpaired) electrons. The first-order chi connectivity index (χ1) is 9.79. The van der Waals surface area contributed by atoms with E-state index in [4.69, 9.17) is 5.11 Å². The van der Waals surface area contributed by atoms with Crippen molar-refractivity contribution in [1.82, 2.24) is 4.72 Å². The molecule has 0 bridgehead atoms. The van der Waals surface area contributed by atoms with E-state index in [1.165, 1.54) is 0 Å². The fraction of sp³-hybridized carbons (Fsp3) is 0.500. The quantitative estimate of drug-likeness (QED) is 0.826. The predicted molar refractivity (Wildman–Crippen MR) is 79.9 cm³/mol. The largest absolute Gasteiger partial charge is 0.481 e. The number of rotatable bonds is 6. The van der Waals surface area contributed by atoms with Crippen LogP contribution in [0.15, 0.2) is 29.2 Å². The highest BCUT2D eigenvalue weighted by Crippen LogP contribution is 2.31. The van der Waals surface area contributed by atoms with Gasteiger partial charge in [-0.05, 0) is 26.0 Å². The zero-order chi connectivity index (χ0) is 15.6. The van der Waals surface area contributed by atoms with Crippen molar-refractivity contribution in [3.05, 3.63) is 24.3 Å². The summed E-state index contributed by atoms with van der Waals surface area (Å²) < 4.78 is 27.2. The zero-order valence-corrected chi connectivity index (χ0v) is 12.9. The predicted octanol–water partition coefficient (Wildman–Crippen LogP) is 1.28. The molecule has 21 heavy (non-hydrogen) atoms. The van der Waals surface area contributed by atoms with E-state index in [2.05, 4.69) is 4.72 Å². The Morgan fingerprint density at radius 1 is 1.38 bits per heavy atom. The summed E-state index contributed by atoms with van der Waals surface area (Å²) in [5.41, 5.74) is 0.632. The topological polar surface area (TPSA) is 86.7 Å². The van der Waals surface area contributed by atoms with Gasteiger partial charge < -0.3 is 10.0 Å². The molecule has 1 saturated heterocycles. The van der Waals surface area contributed by atoms with E-state index in [1.54, 1.807) is 38.1 Å². The molecule has 6 nitrogen and oxygen atoms in total. The van der Waals surface area contributed by atoms with Crippen LogP contribution in [-0.4, -0.2) is 38.6 Å². The minimum Gasteiger partial charge on any atom is -0.481 e. The molecule has 1 heterocycles. The maximum atomic E-state index is 12.3. The molecule has 1 fully saturated rings. The summed E-state index contributed by atoms with van der Waals surface area (Å²) in [6.07, 6.45) is 0.121. The van der Waals surface area contributed by atoms with Gasteiger partial charge in [0.1, 0.15) is 4.90 Å². The third kappa shape index (κ3) is 3.74. The summed E-state index contributed by atoms with van der Waals surface area (Å²) in [5, 5.41) is 8.76. The van der Waals surface area contributed by atoms with Gasteiger partial charge in [0.05, 0.1) is 12.1 Å². The van der Waals surface area contributed by atoms with Crippen LogP contribution in [0.3, 0.4) is 0 Å². The second-order valence-electron chi connectivity index (χ2n) is 5.61. The monoisotopic (exact) mass is 312 g/mol. The molecule has 0 unspecified atom stereocenters. The van der Waals surface area contributed by atoms with Gasteiger partial charge in [0.2, 0.25) is 10.0 Å². The summed E-state index contributed by atoms with van der Waals surface area (Å²) in [4.78, 5) is 12.8. The number of carbonyl (C=O) groups is 1. The molecule has 0 aliphatic carbocycles. The van der Waals surface area contributed by atoms with Crippen LogP contribution in [0.5, 0.6) is 0 Å². The Labute approximate surface area is 124 Å². The highest BCUT2D eigenvalue weighted by Gasteiger charge is 2.32. The Hall–Kier alpha value is -1.60. The Bertz CT molecular complexity index is 622. The molecule has 1 aliphatic rings. The summed E-state index contributed by atoms with van der Waals surface area (Å²) in [7, 11) is -3.56. The molecule has 2 N–H and O–H groups in total. The zero-order valence-electron chi connectivity index (χ0n) is 12.1. The lowest BCUT2D eigenvalue weighted by molar-refractivity contribution is -0.138. The molecular formula is C14H20N2O4S. The van der Waals surface area contributed by atoms with Crippen LogP contribution < -0.4 is 9.62 Å². The molecule has 7 heteroatoms. The fourth-order valence-electron chi connectivity index (χ4n) is 2.46. The number of carboxylic acid groups (broad SMARTS) is 1. The third-order valence-electron chi connectivity index (χ3n) is 3.31. The Kier molecular flexibility index (Phi) is 4.53. The van der Waals surface area contributed by atoms with E-state index in [1.807, 2.05) is 4.90 Å². The van der Waals surface area contributed by atoms with E-state index in [0.717, 1.165) is 0 Å². The summed E-state index contributed by atoms with van der Waals surface area (Å²) in [6.45, 7) is 4.68. The lowest BCUT2D eigenvalue weighted by atomic mass is 9.96. The SMILES string of the molecule is CC(C)NS(=O)(=O)c1ccccc1N1CC(CC(=O)O)C1. The van der Waals surface area contributed by atoms with E-state index in [9.17, 15) is 13.2 Å². The van der Waals surface area contributed by atoms with Crippen LogP contribution in [0.25, 0.3) is 0 Å². The number of carboxylic acids is 1. The van der Waals surface area contributed by atoms with Crippen molar-refractivity contribution < 1.29 is 18.3 Å². The number of nitrogens with zero attached hydrogens (tertiary/aromatic N) is 1. The second kappa shape index (κ2) is 6.03. The molecule has 0 saturated carbocycles. The first-order valence-corrected chi connectivity index (χ1v) is 8.36. The Balaban J connectivity index is 2.18. The number of hydrogen-bond donors (Lipinski definition) is 2. The van der Waals surface area contributed by atoms with Crippen molar-refractivity contribution in [3.8, 4) is 0 Å². The van der Waals surface area contributed by atoms with Gasteiger partial charge in [-0.25, -0.2) is 13.1 Å². The molecule has 116 valence electrons. The highest BCUT2D eigenvalue weighted by molar-refractivity contribution is 7.89. The van der Waals surface area contributed by atoms with Crippen LogP contribution in [0.4, 0.5) is 5.69 Å². The number of hydrogen-bond acceptors (Lipinski definition) is 4. The number of para-hydroxylation sites is 1. The van der Waals surface area contributed by atoms with Gasteiger partial charge >= 0.3 is 5.97 Å². The average Bonchev–Trinajstić information content (AvgIpc) is 2.31. The molecule has 1 aromatic carbocycles. The lowest BCUT2D eigenvalue weighted by Gasteiger charge is -2.41. The van der Waals surface area contributed by atoms with Crippen LogP contribution >= 0.6 is 0 Å². The van der Waals surface area contributed by atoms with E-state index < -0.39 is 16.0 Å². The highest BCUT2D eigenvalue weighted by atomic mass is 32.2. The van der Waals surface area contributed by atoms with Gasteiger partial charge in [-0.3, -0.25) is 4.79 Å². The van der Waals surface area contributed by atoms with Gasteiger partial charge in [-0.15, -0.1) is 0 Å². The molecule has 0 aromatic heterocycles. The average molecular weight is 312 g/mol. The summed E-state index contributed by atoms with van der Waals surface area (Å²) in [5.74, 6) is -0.738. The first kappa shape index (κ1) is 15.8. The fourth-order valence-corrected chi connectivity index (χ4v) is 3.94. The lowest BCUT2D eigenvalue weighted by Crippen LogP contribution is -2.48. The normalized spacial score (nSPS) is 16.0. The van der Waals surface area contributed by atoms with Crippen molar-refractivity contribution >= 4 is 21.7 Å². The second-order valence-corrected chi connectivity index (χ2v) is 7.29. The van der Waals surface area contributed by atoms with E-state index in [-0.39, 0.29) is 23.3 Å². The summed E-state index contributed by atoms with van der Waals surface area (Å²) >= 11 is 0. The van der Waals surface area contributed by atoms with Crippen molar-refractivity contribution in [3.63, 3.8) is 0 Å². The number of anilines is 1. The summed E-state index contributed by atoms with van der Waals surface area (Å²) in [6, 6.07) is 6.62. The maximum Gasteiger partial charge on any atom is 0.303 e. The van der Waals surface area contributed by atoms with Gasteiger partial charge in [0.25, 0.3) is 0 Å². The molecule has 0 amide bonds. The van der Waals surface area contributed by atoms with Crippen molar-refractivity contribution in [1.29, 1.82) is 0 Å². The molecule has 2 rings (SSSR count). The first-order valence-electron chi connectivity index (χ1n) is 6.87. The van der Waals surface area contributed by atoms with Gasteiger partial charge in [0, 0.05) is 25.0 Å². The van der Waals surface area contributed by atoms with Crippen LogP contribution in [-0.2, 0) is 14.8 Å². The minimum atomic E-state index is -3.56. The number of sulfonamides is 1. The van der Waals surface area contributed by atoms with Crippen molar-refractivity contribution in [2.45, 2.75) is 31.2 Å². The minimum absolute atomic E-state index is 0.0799. The van der Waals surface area contributed by atoms with E-state index >= 15 is 0 Å². The third-order valence-corrected chi connectivity index (χ3v) is 5.01. The van der Waals surface area contributed by atoms with Crippen LogP contribution in [0.2, 0.25) is 0 Å².